The highest BCUT2D eigenvalue weighted by Crippen LogP contribution is 2.25. The number of nitrogens with two attached hydrogens (primary N) is 1. The van der Waals surface area contributed by atoms with Crippen LogP contribution >= 0.6 is 0 Å². The predicted molar refractivity (Wildman–Crippen MR) is 71.2 cm³/mol. The summed E-state index contributed by atoms with van der Waals surface area (Å²) < 4.78 is 5.51. The van der Waals surface area contributed by atoms with Crippen LogP contribution < -0.4 is 11.1 Å². The van der Waals surface area contributed by atoms with Crippen LogP contribution in [-0.4, -0.2) is 30.7 Å². The van der Waals surface area contributed by atoms with E-state index in [9.17, 15) is 4.79 Å². The average Bonchev–Trinajstić information content (AvgIpc) is 2.88. The van der Waals surface area contributed by atoms with Gasteiger partial charge in [0.1, 0.15) is 0 Å². The Kier molecular flexibility index (Phi) is 5.01. The summed E-state index contributed by atoms with van der Waals surface area (Å²) in [6.45, 7) is 1.50. The molecular formula is C14H26N2O2. The Balaban J connectivity index is 1.61. The molecule has 0 aromatic carbocycles. The van der Waals surface area contributed by atoms with Gasteiger partial charge in [0.15, 0.2) is 0 Å². The van der Waals surface area contributed by atoms with Gasteiger partial charge in [-0.3, -0.25) is 4.79 Å². The molecule has 0 spiro atoms. The molecule has 4 heteroatoms. The summed E-state index contributed by atoms with van der Waals surface area (Å²) >= 11 is 0. The molecule has 1 saturated heterocycles. The van der Waals surface area contributed by atoms with Gasteiger partial charge >= 0.3 is 0 Å². The van der Waals surface area contributed by atoms with Crippen molar-refractivity contribution >= 4 is 5.91 Å². The van der Waals surface area contributed by atoms with Crippen LogP contribution in [0.1, 0.15) is 57.8 Å². The molecule has 0 radical (unpaired) electrons. The molecule has 4 nitrogen and oxygen atoms in total. The van der Waals surface area contributed by atoms with Gasteiger partial charge in [-0.05, 0) is 32.1 Å². The summed E-state index contributed by atoms with van der Waals surface area (Å²) in [6, 6.07) is 0. The molecule has 1 amide bonds. The van der Waals surface area contributed by atoms with Crippen molar-refractivity contribution in [3.05, 3.63) is 0 Å². The van der Waals surface area contributed by atoms with Gasteiger partial charge in [0.2, 0.25) is 5.91 Å². The van der Waals surface area contributed by atoms with Crippen LogP contribution in [0.3, 0.4) is 0 Å². The highest BCUT2D eigenvalue weighted by Gasteiger charge is 2.27. The lowest BCUT2D eigenvalue weighted by atomic mass is 9.82. The van der Waals surface area contributed by atoms with E-state index >= 15 is 0 Å². The van der Waals surface area contributed by atoms with Gasteiger partial charge in [-0.25, -0.2) is 0 Å². The van der Waals surface area contributed by atoms with E-state index in [0.717, 1.165) is 38.7 Å². The number of ether oxygens (including phenoxy) is 1. The third kappa shape index (κ3) is 4.25. The van der Waals surface area contributed by atoms with E-state index in [0.29, 0.717) is 19.1 Å². The van der Waals surface area contributed by atoms with Crippen LogP contribution in [-0.2, 0) is 9.53 Å². The fourth-order valence-electron chi connectivity index (χ4n) is 2.96. The smallest absolute Gasteiger partial charge is 0.220 e. The molecule has 2 rings (SSSR count). The summed E-state index contributed by atoms with van der Waals surface area (Å²) in [5, 5.41) is 3.00. The fourth-order valence-corrected chi connectivity index (χ4v) is 2.96. The van der Waals surface area contributed by atoms with E-state index in [1.54, 1.807) is 0 Å². The predicted octanol–water partition coefficient (Wildman–Crippen LogP) is 1.72. The Morgan fingerprint density at radius 2 is 2.06 bits per heavy atom. The Bertz CT molecular complexity index is 269. The monoisotopic (exact) mass is 254 g/mol. The average molecular weight is 254 g/mol. The van der Waals surface area contributed by atoms with Crippen molar-refractivity contribution in [2.24, 2.45) is 5.73 Å². The minimum absolute atomic E-state index is 0.126. The molecule has 0 bridgehead atoms. The minimum atomic E-state index is -0.155. The summed E-state index contributed by atoms with van der Waals surface area (Å²) in [5.41, 5.74) is 6.13. The Hall–Kier alpha value is -0.610. The lowest BCUT2D eigenvalue weighted by molar-refractivity contribution is -0.122. The number of carbonyl (C=O) groups excluding carboxylic acids is 1. The fraction of sp³-hybridized carbons (Fsp3) is 0.929. The second-order valence-electron chi connectivity index (χ2n) is 5.87. The molecule has 1 aliphatic carbocycles. The molecule has 3 N–H and O–H groups in total. The van der Waals surface area contributed by atoms with E-state index < -0.39 is 0 Å². The van der Waals surface area contributed by atoms with Crippen molar-refractivity contribution < 1.29 is 9.53 Å². The number of hydrogen-bond donors (Lipinski definition) is 2. The summed E-state index contributed by atoms with van der Waals surface area (Å²) in [5.74, 6) is 0.126. The maximum atomic E-state index is 11.8. The lowest BCUT2D eigenvalue weighted by Crippen LogP contribution is -2.51. The second-order valence-corrected chi connectivity index (χ2v) is 5.87. The summed E-state index contributed by atoms with van der Waals surface area (Å²) in [7, 11) is 0. The maximum absolute atomic E-state index is 11.8. The van der Waals surface area contributed by atoms with E-state index in [2.05, 4.69) is 5.32 Å². The first kappa shape index (κ1) is 13.8. The van der Waals surface area contributed by atoms with Crippen LogP contribution in [0.15, 0.2) is 0 Å². The molecule has 1 aliphatic heterocycles. The van der Waals surface area contributed by atoms with Crippen LogP contribution in [0.2, 0.25) is 0 Å². The van der Waals surface area contributed by atoms with Gasteiger partial charge in [-0.2, -0.15) is 0 Å². The molecule has 18 heavy (non-hydrogen) atoms. The van der Waals surface area contributed by atoms with Crippen LogP contribution in [0.4, 0.5) is 0 Å². The van der Waals surface area contributed by atoms with Crippen molar-refractivity contribution in [1.29, 1.82) is 0 Å². The lowest BCUT2D eigenvalue weighted by Gasteiger charge is -2.33. The van der Waals surface area contributed by atoms with E-state index in [1.807, 2.05) is 0 Å². The minimum Gasteiger partial charge on any atom is -0.378 e. The molecular weight excluding hydrogens is 228 g/mol. The number of rotatable bonds is 5. The molecule has 0 aromatic rings. The van der Waals surface area contributed by atoms with Gasteiger partial charge in [0.05, 0.1) is 6.10 Å². The highest BCUT2D eigenvalue weighted by atomic mass is 16.5. The molecule has 1 unspecified atom stereocenters. The standard InChI is InChI=1S/C14H26N2O2/c15-14(8-2-1-3-9-14)11-16-13(17)7-6-12-5-4-10-18-12/h12H,1-11,15H2,(H,16,17). The third-order valence-electron chi connectivity index (χ3n) is 4.20. The molecule has 1 atom stereocenters. The summed E-state index contributed by atoms with van der Waals surface area (Å²) in [4.78, 5) is 11.8. The van der Waals surface area contributed by atoms with E-state index in [1.165, 1.54) is 19.3 Å². The quantitative estimate of drug-likeness (QED) is 0.785. The Morgan fingerprint density at radius 3 is 2.72 bits per heavy atom. The van der Waals surface area contributed by atoms with Crippen molar-refractivity contribution in [3.63, 3.8) is 0 Å². The number of nitrogens with one attached hydrogen (secondary N) is 1. The van der Waals surface area contributed by atoms with E-state index in [4.69, 9.17) is 10.5 Å². The second kappa shape index (κ2) is 6.53. The highest BCUT2D eigenvalue weighted by molar-refractivity contribution is 5.75. The molecule has 1 heterocycles. The zero-order valence-corrected chi connectivity index (χ0v) is 11.2. The molecule has 0 aromatic heterocycles. The van der Waals surface area contributed by atoms with Crippen molar-refractivity contribution in [3.8, 4) is 0 Å². The topological polar surface area (TPSA) is 64.3 Å². The molecule has 104 valence electrons. The van der Waals surface area contributed by atoms with Gasteiger partial charge in [0, 0.05) is 25.1 Å². The van der Waals surface area contributed by atoms with Crippen LogP contribution in [0.5, 0.6) is 0 Å². The van der Waals surface area contributed by atoms with Crippen LogP contribution in [0, 0.1) is 0 Å². The third-order valence-corrected chi connectivity index (χ3v) is 4.20. The molecule has 1 saturated carbocycles. The normalized spacial score (nSPS) is 27.1. The largest absolute Gasteiger partial charge is 0.378 e. The van der Waals surface area contributed by atoms with Crippen molar-refractivity contribution in [2.75, 3.05) is 13.2 Å². The van der Waals surface area contributed by atoms with Crippen molar-refractivity contribution in [2.45, 2.75) is 69.4 Å². The van der Waals surface area contributed by atoms with E-state index in [-0.39, 0.29) is 11.4 Å². The maximum Gasteiger partial charge on any atom is 0.220 e. The first-order chi connectivity index (χ1) is 8.68. The zero-order chi connectivity index (χ0) is 12.8. The zero-order valence-electron chi connectivity index (χ0n) is 11.2. The van der Waals surface area contributed by atoms with Gasteiger partial charge < -0.3 is 15.8 Å². The van der Waals surface area contributed by atoms with Crippen LogP contribution in [0.25, 0.3) is 0 Å². The Morgan fingerprint density at radius 1 is 1.28 bits per heavy atom. The van der Waals surface area contributed by atoms with Crippen molar-refractivity contribution in [1.82, 2.24) is 5.32 Å². The number of amides is 1. The Labute approximate surface area is 110 Å². The first-order valence-electron chi connectivity index (χ1n) is 7.35. The SMILES string of the molecule is NC1(CNC(=O)CCC2CCCO2)CCCCC1. The number of carbonyl (C=O) groups is 1. The molecule has 2 fully saturated rings. The molecule has 2 aliphatic rings. The summed E-state index contributed by atoms with van der Waals surface area (Å²) in [6.07, 6.45) is 9.72. The van der Waals surface area contributed by atoms with Gasteiger partial charge in [0.25, 0.3) is 0 Å². The first-order valence-corrected chi connectivity index (χ1v) is 7.35. The number of hydrogen-bond acceptors (Lipinski definition) is 3. The van der Waals surface area contributed by atoms with Gasteiger partial charge in [-0.1, -0.05) is 19.3 Å². The van der Waals surface area contributed by atoms with Gasteiger partial charge in [-0.15, -0.1) is 0 Å².